The van der Waals surface area contributed by atoms with Crippen LogP contribution in [0, 0.1) is 5.82 Å². The van der Waals surface area contributed by atoms with E-state index in [1.807, 2.05) is 6.92 Å². The Kier molecular flexibility index (Phi) is 5.14. The van der Waals surface area contributed by atoms with Gasteiger partial charge in [-0.1, -0.05) is 24.9 Å². The van der Waals surface area contributed by atoms with Crippen LogP contribution in [0.1, 0.15) is 24.6 Å². The Morgan fingerprint density at radius 3 is 2.48 bits per heavy atom. The topological polar surface area (TPSA) is 50.1 Å². The maximum atomic E-state index is 13.1. The molecule has 0 fully saturated rings. The fourth-order valence-electron chi connectivity index (χ4n) is 2.51. The minimum atomic E-state index is -0.346. The number of rotatable bonds is 5. The quantitative estimate of drug-likeness (QED) is 0.663. The van der Waals surface area contributed by atoms with E-state index in [-0.39, 0.29) is 11.4 Å². The lowest BCUT2D eigenvalue weighted by Gasteiger charge is -2.01. The number of nitrogens with one attached hydrogen (secondary N) is 1. The zero-order chi connectivity index (χ0) is 17.8. The SMILES string of the molecule is CCCc1[nH]n(-c2ccc(F)cc2)c(=O)c1C=Nc1ccc(Cl)cc1. The van der Waals surface area contributed by atoms with E-state index in [9.17, 15) is 9.18 Å². The molecule has 1 N–H and O–H groups in total. The predicted octanol–water partition coefficient (Wildman–Crippen LogP) is 4.66. The number of halogens is 2. The maximum Gasteiger partial charge on any atom is 0.280 e. The molecule has 0 saturated heterocycles. The minimum Gasteiger partial charge on any atom is -0.294 e. The van der Waals surface area contributed by atoms with Crippen LogP contribution in [0.5, 0.6) is 0 Å². The van der Waals surface area contributed by atoms with Crippen LogP contribution < -0.4 is 5.56 Å². The van der Waals surface area contributed by atoms with Gasteiger partial charge in [0.2, 0.25) is 0 Å². The van der Waals surface area contributed by atoms with Crippen LogP contribution in [0.4, 0.5) is 10.1 Å². The largest absolute Gasteiger partial charge is 0.294 e. The molecule has 25 heavy (non-hydrogen) atoms. The monoisotopic (exact) mass is 357 g/mol. The highest BCUT2D eigenvalue weighted by molar-refractivity contribution is 6.30. The van der Waals surface area contributed by atoms with E-state index in [2.05, 4.69) is 10.1 Å². The summed E-state index contributed by atoms with van der Waals surface area (Å²) < 4.78 is 14.5. The second-order valence-electron chi connectivity index (χ2n) is 5.61. The van der Waals surface area contributed by atoms with Crippen molar-refractivity contribution in [2.75, 3.05) is 0 Å². The Hall–Kier alpha value is -2.66. The molecule has 3 rings (SSSR count). The normalized spacial score (nSPS) is 11.3. The molecule has 1 heterocycles. The average molecular weight is 358 g/mol. The zero-order valence-corrected chi connectivity index (χ0v) is 14.4. The fraction of sp³-hybridized carbons (Fsp3) is 0.158. The van der Waals surface area contributed by atoms with Gasteiger partial charge >= 0.3 is 0 Å². The number of hydrogen-bond donors (Lipinski definition) is 1. The summed E-state index contributed by atoms with van der Waals surface area (Å²) in [6.07, 6.45) is 3.16. The maximum absolute atomic E-state index is 13.1. The predicted molar refractivity (Wildman–Crippen MR) is 99.0 cm³/mol. The van der Waals surface area contributed by atoms with Crippen LogP contribution in [-0.4, -0.2) is 16.0 Å². The van der Waals surface area contributed by atoms with Crippen LogP contribution in [0.2, 0.25) is 5.02 Å². The molecular formula is C19H17ClFN3O. The number of nitrogens with zero attached hydrogens (tertiary/aromatic N) is 2. The van der Waals surface area contributed by atoms with Gasteiger partial charge < -0.3 is 0 Å². The molecule has 0 saturated carbocycles. The third-order valence-electron chi connectivity index (χ3n) is 3.76. The molecule has 0 atom stereocenters. The average Bonchev–Trinajstić information content (AvgIpc) is 2.91. The van der Waals surface area contributed by atoms with E-state index in [1.54, 1.807) is 42.6 Å². The Labute approximate surface area is 149 Å². The summed E-state index contributed by atoms with van der Waals surface area (Å²) in [7, 11) is 0. The molecule has 6 heteroatoms. The van der Waals surface area contributed by atoms with Crippen molar-refractivity contribution in [3.05, 3.63) is 81.0 Å². The van der Waals surface area contributed by atoms with Crippen molar-refractivity contribution < 1.29 is 4.39 Å². The van der Waals surface area contributed by atoms with Gasteiger partial charge in [-0.25, -0.2) is 9.07 Å². The second-order valence-corrected chi connectivity index (χ2v) is 6.04. The molecule has 4 nitrogen and oxygen atoms in total. The first-order valence-corrected chi connectivity index (χ1v) is 8.35. The molecule has 128 valence electrons. The Balaban J connectivity index is 2.01. The molecule has 0 aliphatic carbocycles. The molecule has 0 bridgehead atoms. The first-order chi connectivity index (χ1) is 12.1. The molecule has 0 aliphatic rings. The van der Waals surface area contributed by atoms with E-state index in [1.165, 1.54) is 16.8 Å². The Morgan fingerprint density at radius 2 is 1.84 bits per heavy atom. The van der Waals surface area contributed by atoms with Crippen LogP contribution in [0.15, 0.2) is 58.3 Å². The van der Waals surface area contributed by atoms with Gasteiger partial charge in [0, 0.05) is 16.9 Å². The van der Waals surface area contributed by atoms with Gasteiger partial charge in [0.1, 0.15) is 5.82 Å². The summed E-state index contributed by atoms with van der Waals surface area (Å²) in [6.45, 7) is 2.04. The lowest BCUT2D eigenvalue weighted by atomic mass is 10.2. The van der Waals surface area contributed by atoms with Crippen LogP contribution in [0.3, 0.4) is 0 Å². The van der Waals surface area contributed by atoms with Gasteiger partial charge in [0.15, 0.2) is 0 Å². The summed E-state index contributed by atoms with van der Waals surface area (Å²) >= 11 is 5.87. The van der Waals surface area contributed by atoms with Crippen molar-refractivity contribution >= 4 is 23.5 Å². The number of H-pyrrole nitrogens is 1. The summed E-state index contributed by atoms with van der Waals surface area (Å²) in [5.74, 6) is -0.346. The molecular weight excluding hydrogens is 341 g/mol. The van der Waals surface area contributed by atoms with E-state index in [0.717, 1.165) is 12.1 Å². The highest BCUT2D eigenvalue weighted by Crippen LogP contribution is 2.16. The van der Waals surface area contributed by atoms with Gasteiger partial charge in [-0.05, 0) is 55.0 Å². The van der Waals surface area contributed by atoms with Crippen molar-refractivity contribution in [2.45, 2.75) is 19.8 Å². The lowest BCUT2D eigenvalue weighted by molar-refractivity contribution is 0.626. The summed E-state index contributed by atoms with van der Waals surface area (Å²) in [5, 5.41) is 3.73. The van der Waals surface area contributed by atoms with Crippen LogP contribution in [0.25, 0.3) is 5.69 Å². The number of benzene rings is 2. The van der Waals surface area contributed by atoms with E-state index >= 15 is 0 Å². The Bertz CT molecular complexity index is 940. The molecule has 2 aromatic carbocycles. The van der Waals surface area contributed by atoms with Crippen molar-refractivity contribution in [1.29, 1.82) is 0 Å². The van der Waals surface area contributed by atoms with Gasteiger partial charge in [0.25, 0.3) is 5.56 Å². The van der Waals surface area contributed by atoms with Crippen molar-refractivity contribution in [3.63, 3.8) is 0 Å². The zero-order valence-electron chi connectivity index (χ0n) is 13.7. The summed E-state index contributed by atoms with van der Waals surface area (Å²) in [5.41, 5.74) is 2.37. The minimum absolute atomic E-state index is 0.215. The van der Waals surface area contributed by atoms with Gasteiger partial charge in [-0.3, -0.25) is 14.9 Å². The lowest BCUT2D eigenvalue weighted by Crippen LogP contribution is -2.17. The third-order valence-corrected chi connectivity index (χ3v) is 4.01. The number of hydrogen-bond acceptors (Lipinski definition) is 2. The highest BCUT2D eigenvalue weighted by atomic mass is 35.5. The molecule has 3 aromatic rings. The first-order valence-electron chi connectivity index (χ1n) is 7.98. The molecule has 0 aliphatic heterocycles. The Morgan fingerprint density at radius 1 is 1.16 bits per heavy atom. The number of aliphatic imine (C=N–C) groups is 1. The van der Waals surface area contributed by atoms with E-state index in [0.29, 0.717) is 28.4 Å². The summed E-state index contributed by atoms with van der Waals surface area (Å²) in [4.78, 5) is 17.1. The number of aromatic amines is 1. The third kappa shape index (κ3) is 3.88. The molecule has 0 spiro atoms. The van der Waals surface area contributed by atoms with Crippen molar-refractivity contribution in [3.8, 4) is 5.69 Å². The second kappa shape index (κ2) is 7.49. The summed E-state index contributed by atoms with van der Waals surface area (Å²) in [6, 6.07) is 12.8. The fourth-order valence-corrected chi connectivity index (χ4v) is 2.63. The van der Waals surface area contributed by atoms with Gasteiger partial charge in [0.05, 0.1) is 16.9 Å². The number of aryl methyl sites for hydroxylation is 1. The van der Waals surface area contributed by atoms with Crippen LogP contribution >= 0.6 is 11.6 Å². The molecule has 0 unspecified atom stereocenters. The van der Waals surface area contributed by atoms with E-state index < -0.39 is 0 Å². The van der Waals surface area contributed by atoms with E-state index in [4.69, 9.17) is 11.6 Å². The first kappa shape index (κ1) is 17.2. The molecule has 1 aromatic heterocycles. The van der Waals surface area contributed by atoms with Crippen molar-refractivity contribution in [2.24, 2.45) is 4.99 Å². The highest BCUT2D eigenvalue weighted by Gasteiger charge is 2.13. The molecule has 0 amide bonds. The van der Waals surface area contributed by atoms with Crippen LogP contribution in [-0.2, 0) is 6.42 Å². The number of aromatic nitrogens is 2. The smallest absolute Gasteiger partial charge is 0.280 e. The molecule has 0 radical (unpaired) electrons. The van der Waals surface area contributed by atoms with Gasteiger partial charge in [-0.15, -0.1) is 0 Å². The van der Waals surface area contributed by atoms with Gasteiger partial charge in [-0.2, -0.15) is 0 Å². The van der Waals surface area contributed by atoms with Crippen molar-refractivity contribution in [1.82, 2.24) is 9.78 Å². The standard InChI is InChI=1S/C19H17ClFN3O/c1-2-3-18-17(12-22-15-8-4-13(20)5-9-15)19(25)24(23-18)16-10-6-14(21)7-11-16/h4-12,23H,2-3H2,1H3.